The molecule has 2 N–H and O–H groups in total. The van der Waals surface area contributed by atoms with E-state index >= 15 is 0 Å². The SMILES string of the molecule is CNCCc1ccc(S(=O)(=O)NCC(F)(F)C(F)F)cc1. The van der Waals surface area contributed by atoms with Crippen molar-refractivity contribution >= 4 is 10.0 Å². The molecule has 0 unspecified atom stereocenters. The molecule has 0 heterocycles. The highest BCUT2D eigenvalue weighted by Gasteiger charge is 2.41. The fourth-order valence-electron chi connectivity index (χ4n) is 1.46. The van der Waals surface area contributed by atoms with E-state index in [1.165, 1.54) is 29.0 Å². The maximum Gasteiger partial charge on any atom is 0.320 e. The monoisotopic (exact) mass is 328 g/mol. The summed E-state index contributed by atoms with van der Waals surface area (Å²) < 4.78 is 74.3. The van der Waals surface area contributed by atoms with Gasteiger partial charge in [-0.3, -0.25) is 0 Å². The molecule has 0 saturated heterocycles. The van der Waals surface area contributed by atoms with Gasteiger partial charge >= 0.3 is 12.3 Å². The first-order chi connectivity index (χ1) is 9.69. The van der Waals surface area contributed by atoms with Crippen molar-refractivity contribution in [1.29, 1.82) is 0 Å². The molecule has 0 bridgehead atoms. The Morgan fingerprint density at radius 2 is 1.76 bits per heavy atom. The Kier molecular flexibility index (Phi) is 6.11. The fourth-order valence-corrected chi connectivity index (χ4v) is 2.50. The molecule has 0 aliphatic rings. The standard InChI is InChI=1S/C12H16F4N2O2S/c1-17-7-6-9-2-4-10(5-3-9)21(19,20)18-8-12(15,16)11(13)14/h2-5,11,17-18H,6-8H2,1H3. The molecule has 1 aromatic rings. The molecular formula is C12H16F4N2O2S. The van der Waals surface area contributed by atoms with Gasteiger partial charge in [-0.1, -0.05) is 12.1 Å². The van der Waals surface area contributed by atoms with Crippen LogP contribution in [0.5, 0.6) is 0 Å². The van der Waals surface area contributed by atoms with Crippen LogP contribution < -0.4 is 10.0 Å². The normalized spacial score (nSPS) is 12.9. The van der Waals surface area contributed by atoms with Gasteiger partial charge in [0.05, 0.1) is 11.4 Å². The van der Waals surface area contributed by atoms with Gasteiger partial charge in [-0.05, 0) is 37.7 Å². The molecule has 0 fully saturated rings. The number of benzene rings is 1. The van der Waals surface area contributed by atoms with Crippen LogP contribution in [-0.4, -0.2) is 40.9 Å². The van der Waals surface area contributed by atoms with Crippen molar-refractivity contribution in [3.05, 3.63) is 29.8 Å². The minimum atomic E-state index is -4.40. The van der Waals surface area contributed by atoms with Crippen molar-refractivity contribution in [3.8, 4) is 0 Å². The minimum Gasteiger partial charge on any atom is -0.319 e. The Balaban J connectivity index is 2.74. The number of sulfonamides is 1. The molecule has 0 aromatic heterocycles. The van der Waals surface area contributed by atoms with Gasteiger partial charge in [-0.2, -0.15) is 8.78 Å². The molecule has 0 atom stereocenters. The maximum absolute atomic E-state index is 12.7. The summed E-state index contributed by atoms with van der Waals surface area (Å²) in [6.07, 6.45) is -3.25. The lowest BCUT2D eigenvalue weighted by Gasteiger charge is -2.16. The van der Waals surface area contributed by atoms with E-state index in [-0.39, 0.29) is 4.90 Å². The zero-order valence-electron chi connectivity index (χ0n) is 11.2. The smallest absolute Gasteiger partial charge is 0.319 e. The van der Waals surface area contributed by atoms with E-state index in [1.807, 2.05) is 0 Å². The minimum absolute atomic E-state index is 0.249. The van der Waals surface area contributed by atoms with Crippen LogP contribution in [-0.2, 0) is 16.4 Å². The Morgan fingerprint density at radius 3 is 2.24 bits per heavy atom. The van der Waals surface area contributed by atoms with Crippen LogP contribution in [0.2, 0.25) is 0 Å². The molecule has 0 amide bonds. The van der Waals surface area contributed by atoms with Crippen LogP contribution in [0.25, 0.3) is 0 Å². The second-order valence-electron chi connectivity index (χ2n) is 4.38. The second-order valence-corrected chi connectivity index (χ2v) is 6.15. The average Bonchev–Trinajstić information content (AvgIpc) is 2.43. The molecule has 1 aromatic carbocycles. The van der Waals surface area contributed by atoms with Gasteiger partial charge < -0.3 is 5.32 Å². The van der Waals surface area contributed by atoms with Crippen molar-refractivity contribution in [2.75, 3.05) is 20.1 Å². The van der Waals surface area contributed by atoms with Gasteiger partial charge in [0.15, 0.2) is 0 Å². The lowest BCUT2D eigenvalue weighted by Crippen LogP contribution is -2.41. The average molecular weight is 328 g/mol. The highest BCUT2D eigenvalue weighted by Crippen LogP contribution is 2.22. The molecule has 0 spiro atoms. The number of hydrogen-bond acceptors (Lipinski definition) is 3. The molecule has 1 rings (SSSR count). The first-order valence-corrected chi connectivity index (χ1v) is 7.56. The Morgan fingerprint density at radius 1 is 1.19 bits per heavy atom. The van der Waals surface area contributed by atoms with E-state index in [2.05, 4.69) is 5.32 Å². The Hall–Kier alpha value is -1.19. The van der Waals surface area contributed by atoms with Gasteiger partial charge in [-0.25, -0.2) is 21.9 Å². The van der Waals surface area contributed by atoms with Gasteiger partial charge in [0.1, 0.15) is 0 Å². The van der Waals surface area contributed by atoms with E-state index in [4.69, 9.17) is 0 Å². The van der Waals surface area contributed by atoms with Crippen LogP contribution in [0.15, 0.2) is 29.2 Å². The van der Waals surface area contributed by atoms with Crippen LogP contribution in [0.4, 0.5) is 17.6 Å². The molecule has 0 radical (unpaired) electrons. The highest BCUT2D eigenvalue weighted by molar-refractivity contribution is 7.89. The van der Waals surface area contributed by atoms with Crippen LogP contribution in [0.3, 0.4) is 0 Å². The summed E-state index contributed by atoms with van der Waals surface area (Å²) in [5, 5.41) is 2.92. The fraction of sp³-hybridized carbons (Fsp3) is 0.500. The summed E-state index contributed by atoms with van der Waals surface area (Å²) in [7, 11) is -2.47. The molecule has 0 aliphatic heterocycles. The summed E-state index contributed by atoms with van der Waals surface area (Å²) in [5.41, 5.74) is 0.862. The van der Waals surface area contributed by atoms with Crippen molar-refractivity contribution in [3.63, 3.8) is 0 Å². The van der Waals surface area contributed by atoms with E-state index < -0.39 is 28.9 Å². The van der Waals surface area contributed by atoms with Gasteiger partial charge in [-0.15, -0.1) is 0 Å². The van der Waals surface area contributed by atoms with E-state index in [1.54, 1.807) is 7.05 Å². The number of likely N-dealkylation sites (N-methyl/N-ethyl adjacent to an activating group) is 1. The summed E-state index contributed by atoms with van der Waals surface area (Å²) in [4.78, 5) is -0.249. The summed E-state index contributed by atoms with van der Waals surface area (Å²) in [6, 6.07) is 5.57. The maximum atomic E-state index is 12.7. The molecule has 4 nitrogen and oxygen atoms in total. The largest absolute Gasteiger partial charge is 0.320 e. The lowest BCUT2D eigenvalue weighted by atomic mass is 10.1. The van der Waals surface area contributed by atoms with Crippen molar-refractivity contribution in [1.82, 2.24) is 10.0 Å². The highest BCUT2D eigenvalue weighted by atomic mass is 32.2. The predicted molar refractivity (Wildman–Crippen MR) is 70.2 cm³/mol. The summed E-state index contributed by atoms with van der Waals surface area (Å²) in [5.74, 6) is -4.40. The van der Waals surface area contributed by atoms with Gasteiger partial charge in [0.2, 0.25) is 10.0 Å². The molecule has 21 heavy (non-hydrogen) atoms. The number of nitrogens with one attached hydrogen (secondary N) is 2. The van der Waals surface area contributed by atoms with Crippen LogP contribution >= 0.6 is 0 Å². The predicted octanol–water partition coefficient (Wildman–Crippen LogP) is 1.63. The van der Waals surface area contributed by atoms with E-state index in [0.717, 1.165) is 5.56 Å². The third-order valence-electron chi connectivity index (χ3n) is 2.71. The number of halogens is 4. The third kappa shape index (κ3) is 5.25. The van der Waals surface area contributed by atoms with Gasteiger partial charge in [0, 0.05) is 0 Å². The van der Waals surface area contributed by atoms with Crippen molar-refractivity contribution < 1.29 is 26.0 Å². The molecule has 120 valence electrons. The molecule has 0 saturated carbocycles. The van der Waals surface area contributed by atoms with Crippen molar-refractivity contribution in [2.45, 2.75) is 23.7 Å². The van der Waals surface area contributed by atoms with Crippen molar-refractivity contribution in [2.24, 2.45) is 0 Å². The molecule has 9 heteroatoms. The van der Waals surface area contributed by atoms with Crippen LogP contribution in [0, 0.1) is 0 Å². The zero-order valence-corrected chi connectivity index (χ0v) is 12.1. The zero-order chi connectivity index (χ0) is 16.1. The lowest BCUT2D eigenvalue weighted by molar-refractivity contribution is -0.122. The third-order valence-corrected chi connectivity index (χ3v) is 4.13. The van der Waals surface area contributed by atoms with E-state index in [9.17, 15) is 26.0 Å². The molecule has 0 aliphatic carbocycles. The quantitative estimate of drug-likeness (QED) is 0.713. The summed E-state index contributed by atoms with van der Waals surface area (Å²) >= 11 is 0. The van der Waals surface area contributed by atoms with Gasteiger partial charge in [0.25, 0.3) is 0 Å². The number of rotatable bonds is 8. The number of alkyl halides is 4. The molecular weight excluding hydrogens is 312 g/mol. The Labute approximate surface area is 120 Å². The second kappa shape index (κ2) is 7.19. The number of hydrogen-bond donors (Lipinski definition) is 2. The first-order valence-electron chi connectivity index (χ1n) is 6.08. The summed E-state index contributed by atoms with van der Waals surface area (Å²) in [6.45, 7) is -0.945. The van der Waals surface area contributed by atoms with Crippen LogP contribution in [0.1, 0.15) is 5.56 Å². The topological polar surface area (TPSA) is 58.2 Å². The Bertz CT molecular complexity index is 547. The van der Waals surface area contributed by atoms with E-state index in [0.29, 0.717) is 13.0 Å². The first kappa shape index (κ1) is 17.9.